The molecule has 0 amide bonds. The molecular formula is C27H38N2O2. The van der Waals surface area contributed by atoms with Gasteiger partial charge in [-0.3, -0.25) is 9.69 Å². The highest BCUT2D eigenvalue weighted by atomic mass is 16.5. The second-order valence-corrected chi connectivity index (χ2v) is 9.18. The van der Waals surface area contributed by atoms with Crippen molar-refractivity contribution in [1.29, 1.82) is 0 Å². The van der Waals surface area contributed by atoms with Crippen molar-refractivity contribution in [3.05, 3.63) is 71.8 Å². The molecule has 4 atom stereocenters. The zero-order valence-electron chi connectivity index (χ0n) is 19.8. The van der Waals surface area contributed by atoms with Crippen LogP contribution in [0.1, 0.15) is 49.3 Å². The van der Waals surface area contributed by atoms with Gasteiger partial charge in [0, 0.05) is 19.1 Å². The molecule has 0 N–H and O–H groups in total. The second kappa shape index (κ2) is 10.5. The van der Waals surface area contributed by atoms with E-state index >= 15 is 0 Å². The number of nitrogens with zero attached hydrogens (tertiary/aromatic N) is 2. The molecule has 1 saturated carbocycles. The van der Waals surface area contributed by atoms with Crippen LogP contribution in [0.3, 0.4) is 0 Å². The van der Waals surface area contributed by atoms with E-state index in [4.69, 9.17) is 4.74 Å². The zero-order valence-corrected chi connectivity index (χ0v) is 19.8. The third-order valence-electron chi connectivity index (χ3n) is 6.93. The van der Waals surface area contributed by atoms with Crippen LogP contribution in [0.15, 0.2) is 60.7 Å². The Hall–Kier alpha value is -2.01. The van der Waals surface area contributed by atoms with Crippen molar-refractivity contribution >= 4 is 5.78 Å². The Kier molecular flexibility index (Phi) is 8.04. The van der Waals surface area contributed by atoms with E-state index in [-0.39, 0.29) is 17.9 Å². The molecule has 0 heterocycles. The predicted octanol–water partition coefficient (Wildman–Crippen LogP) is 5.12. The molecule has 1 fully saturated rings. The molecule has 2 aromatic rings. The van der Waals surface area contributed by atoms with E-state index in [1.54, 1.807) is 7.11 Å². The minimum atomic E-state index is -0.776. The lowest BCUT2D eigenvalue weighted by Crippen LogP contribution is -2.54. The van der Waals surface area contributed by atoms with Crippen molar-refractivity contribution in [2.45, 2.75) is 43.9 Å². The summed E-state index contributed by atoms with van der Waals surface area (Å²) >= 11 is 0. The molecule has 1 aliphatic rings. The van der Waals surface area contributed by atoms with Gasteiger partial charge in [-0.05, 0) is 52.2 Å². The molecule has 0 saturated heterocycles. The Morgan fingerprint density at radius 1 is 0.871 bits per heavy atom. The van der Waals surface area contributed by atoms with E-state index in [2.05, 4.69) is 60.3 Å². The van der Waals surface area contributed by atoms with Gasteiger partial charge < -0.3 is 9.64 Å². The summed E-state index contributed by atoms with van der Waals surface area (Å²) in [7, 11) is 9.97. The van der Waals surface area contributed by atoms with E-state index in [0.29, 0.717) is 5.78 Å². The molecule has 1 aliphatic carbocycles. The Bertz CT molecular complexity index is 822. The van der Waals surface area contributed by atoms with Crippen molar-refractivity contribution in [3.8, 4) is 0 Å². The fourth-order valence-electron chi connectivity index (χ4n) is 5.57. The Morgan fingerprint density at radius 3 is 2.00 bits per heavy atom. The molecule has 0 spiro atoms. The SMILES string of the molecule is COC(c1ccccc1)(C1CCCCCC(C(c2ccccc2)N(C)C)C1=O)N(C)C. The number of Topliss-reactive ketones (excluding diaryl/α,β-unsaturated/α-hetero) is 1. The van der Waals surface area contributed by atoms with Gasteiger partial charge >= 0.3 is 0 Å². The number of benzene rings is 2. The van der Waals surface area contributed by atoms with Gasteiger partial charge in [0.2, 0.25) is 0 Å². The van der Waals surface area contributed by atoms with E-state index in [0.717, 1.165) is 37.7 Å². The molecule has 4 unspecified atom stereocenters. The lowest BCUT2D eigenvalue weighted by atomic mass is 9.71. The number of methoxy groups -OCH3 is 1. The topological polar surface area (TPSA) is 32.8 Å². The van der Waals surface area contributed by atoms with Gasteiger partial charge in [-0.2, -0.15) is 0 Å². The number of rotatable bonds is 7. The van der Waals surface area contributed by atoms with Crippen LogP contribution in [0.2, 0.25) is 0 Å². The van der Waals surface area contributed by atoms with Crippen LogP contribution in [0.5, 0.6) is 0 Å². The van der Waals surface area contributed by atoms with Crippen molar-refractivity contribution in [2.75, 3.05) is 35.3 Å². The number of hydrogen-bond donors (Lipinski definition) is 0. The van der Waals surface area contributed by atoms with E-state index in [9.17, 15) is 4.79 Å². The summed E-state index contributed by atoms with van der Waals surface area (Å²) in [4.78, 5) is 18.7. The maximum atomic E-state index is 14.4. The molecule has 2 aromatic carbocycles. The van der Waals surface area contributed by atoms with Crippen LogP contribution >= 0.6 is 0 Å². The molecule has 3 rings (SSSR count). The zero-order chi connectivity index (χ0) is 22.4. The summed E-state index contributed by atoms with van der Waals surface area (Å²) in [5.41, 5.74) is 1.47. The fraction of sp³-hybridized carbons (Fsp3) is 0.519. The smallest absolute Gasteiger partial charge is 0.156 e. The highest BCUT2D eigenvalue weighted by Crippen LogP contribution is 2.44. The van der Waals surface area contributed by atoms with Gasteiger partial charge in [-0.15, -0.1) is 0 Å². The minimum absolute atomic E-state index is 0.0572. The minimum Gasteiger partial charge on any atom is -0.359 e. The molecule has 0 aliphatic heterocycles. The van der Waals surface area contributed by atoms with Crippen molar-refractivity contribution in [3.63, 3.8) is 0 Å². The molecule has 0 bridgehead atoms. The number of hydrogen-bond acceptors (Lipinski definition) is 4. The van der Waals surface area contributed by atoms with Gasteiger partial charge in [-0.1, -0.05) is 79.9 Å². The average Bonchev–Trinajstić information content (AvgIpc) is 2.76. The molecule has 4 nitrogen and oxygen atoms in total. The van der Waals surface area contributed by atoms with Crippen molar-refractivity contribution < 1.29 is 9.53 Å². The van der Waals surface area contributed by atoms with Gasteiger partial charge in [-0.25, -0.2) is 0 Å². The summed E-state index contributed by atoms with van der Waals surface area (Å²) < 4.78 is 6.28. The monoisotopic (exact) mass is 422 g/mol. The van der Waals surface area contributed by atoms with Gasteiger partial charge in [0.25, 0.3) is 0 Å². The number of carbonyl (C=O) groups is 1. The summed E-state index contributed by atoms with van der Waals surface area (Å²) in [5.74, 6) is 0.0221. The van der Waals surface area contributed by atoms with E-state index < -0.39 is 5.72 Å². The van der Waals surface area contributed by atoms with Gasteiger partial charge in [0.1, 0.15) is 5.78 Å². The summed E-state index contributed by atoms with van der Waals surface area (Å²) in [6.07, 6.45) is 5.04. The Labute approximate surface area is 188 Å². The second-order valence-electron chi connectivity index (χ2n) is 9.18. The summed E-state index contributed by atoms with van der Waals surface area (Å²) in [5, 5.41) is 0. The maximum absolute atomic E-state index is 14.4. The van der Waals surface area contributed by atoms with Crippen molar-refractivity contribution in [1.82, 2.24) is 9.80 Å². The third-order valence-corrected chi connectivity index (χ3v) is 6.93. The fourth-order valence-corrected chi connectivity index (χ4v) is 5.57. The average molecular weight is 423 g/mol. The molecule has 168 valence electrons. The molecule has 4 heteroatoms. The first-order chi connectivity index (χ1) is 14.9. The van der Waals surface area contributed by atoms with Crippen LogP contribution in [0, 0.1) is 11.8 Å². The summed E-state index contributed by atoms with van der Waals surface area (Å²) in [6.45, 7) is 0. The van der Waals surface area contributed by atoms with Crippen LogP contribution in [-0.2, 0) is 15.3 Å². The first kappa shape index (κ1) is 23.6. The largest absolute Gasteiger partial charge is 0.359 e. The van der Waals surface area contributed by atoms with E-state index in [1.165, 1.54) is 5.56 Å². The highest BCUT2D eigenvalue weighted by molar-refractivity contribution is 5.85. The first-order valence-electron chi connectivity index (χ1n) is 11.5. The molecule has 0 radical (unpaired) electrons. The number of carbonyl (C=O) groups excluding carboxylic acids is 1. The number of ether oxygens (including phenoxy) is 1. The first-order valence-corrected chi connectivity index (χ1v) is 11.5. The predicted molar refractivity (Wildman–Crippen MR) is 127 cm³/mol. The van der Waals surface area contributed by atoms with Gasteiger partial charge in [0.15, 0.2) is 5.72 Å². The third kappa shape index (κ3) is 4.77. The molecule has 0 aromatic heterocycles. The van der Waals surface area contributed by atoms with Gasteiger partial charge in [0.05, 0.1) is 5.92 Å². The Balaban J connectivity index is 2.09. The molecule has 31 heavy (non-hydrogen) atoms. The quantitative estimate of drug-likeness (QED) is 0.580. The van der Waals surface area contributed by atoms with Crippen LogP contribution in [0.25, 0.3) is 0 Å². The molecular weight excluding hydrogens is 384 g/mol. The van der Waals surface area contributed by atoms with Crippen LogP contribution in [-0.4, -0.2) is 50.9 Å². The highest BCUT2D eigenvalue weighted by Gasteiger charge is 2.49. The lowest BCUT2D eigenvalue weighted by Gasteiger charge is -2.47. The lowest BCUT2D eigenvalue weighted by molar-refractivity contribution is -0.180. The van der Waals surface area contributed by atoms with Crippen molar-refractivity contribution in [2.24, 2.45) is 11.8 Å². The van der Waals surface area contributed by atoms with Crippen LogP contribution < -0.4 is 0 Å². The number of ketones is 1. The summed E-state index contributed by atoms with van der Waals surface area (Å²) in [6, 6.07) is 20.8. The van der Waals surface area contributed by atoms with Crippen LogP contribution in [0.4, 0.5) is 0 Å². The normalized spacial score (nSPS) is 23.3. The standard InChI is InChI=1S/C27H38N2O2/c1-28(2)25(21-15-9-6-10-16-21)23-19-13-8-14-20-24(26(23)30)27(31-5,29(3)4)22-17-11-7-12-18-22/h6-7,9-12,15-18,23-25H,8,13-14,19-20H2,1-5H3. The Morgan fingerprint density at radius 2 is 1.45 bits per heavy atom. The maximum Gasteiger partial charge on any atom is 0.156 e. The van der Waals surface area contributed by atoms with E-state index in [1.807, 2.05) is 38.4 Å².